The second-order valence-electron chi connectivity index (χ2n) is 7.05. The predicted molar refractivity (Wildman–Crippen MR) is 118 cm³/mol. The molecule has 8 heteroatoms. The summed E-state index contributed by atoms with van der Waals surface area (Å²) in [6.07, 6.45) is 3.48. The van der Waals surface area contributed by atoms with E-state index >= 15 is 0 Å². The Labute approximate surface area is 177 Å². The Morgan fingerprint density at radius 3 is 2.45 bits per heavy atom. The van der Waals surface area contributed by atoms with Gasteiger partial charge in [-0.15, -0.1) is 10.2 Å². The number of aryl methyl sites for hydroxylation is 2. The Morgan fingerprint density at radius 1 is 0.968 bits per heavy atom. The van der Waals surface area contributed by atoms with Gasteiger partial charge in [0.2, 0.25) is 0 Å². The van der Waals surface area contributed by atoms with Gasteiger partial charge in [0.1, 0.15) is 11.3 Å². The maximum absolute atomic E-state index is 12.8. The van der Waals surface area contributed by atoms with Crippen LogP contribution in [0.3, 0.4) is 0 Å². The van der Waals surface area contributed by atoms with Crippen LogP contribution in [-0.2, 0) is 0 Å². The van der Waals surface area contributed by atoms with E-state index in [0.29, 0.717) is 34.1 Å². The van der Waals surface area contributed by atoms with E-state index in [0.717, 1.165) is 11.1 Å². The molecule has 5 aromatic rings. The molecule has 0 aliphatic carbocycles. The van der Waals surface area contributed by atoms with E-state index in [4.69, 9.17) is 4.42 Å². The number of rotatable bonds is 4. The van der Waals surface area contributed by atoms with Crippen LogP contribution in [0.5, 0.6) is 0 Å². The molecule has 2 aromatic carbocycles. The van der Waals surface area contributed by atoms with E-state index in [1.165, 1.54) is 0 Å². The van der Waals surface area contributed by atoms with E-state index in [9.17, 15) is 4.79 Å². The Balaban J connectivity index is 1.70. The zero-order valence-electron chi connectivity index (χ0n) is 16.9. The molecule has 31 heavy (non-hydrogen) atoms. The van der Waals surface area contributed by atoms with E-state index in [-0.39, 0.29) is 0 Å². The molecule has 0 radical (unpaired) electrons. The molecule has 3 aromatic heterocycles. The normalized spacial score (nSPS) is 11.5. The number of nitrogens with zero attached hydrogens (tertiary/aromatic N) is 6. The van der Waals surface area contributed by atoms with Gasteiger partial charge in [-0.25, -0.2) is 14.2 Å². The molecule has 0 atom stereocenters. The summed E-state index contributed by atoms with van der Waals surface area (Å²) in [5, 5.41) is 18.1. The van der Waals surface area contributed by atoms with Crippen LogP contribution in [0.25, 0.3) is 27.9 Å². The van der Waals surface area contributed by atoms with Gasteiger partial charge in [0.15, 0.2) is 11.6 Å². The van der Waals surface area contributed by atoms with Crippen molar-refractivity contribution in [2.45, 2.75) is 13.8 Å². The third-order valence-corrected chi connectivity index (χ3v) is 4.92. The molecule has 0 amide bonds. The molecular weight excluding hydrogens is 392 g/mol. The fourth-order valence-electron chi connectivity index (χ4n) is 3.38. The van der Waals surface area contributed by atoms with Gasteiger partial charge in [0.25, 0.3) is 0 Å². The third-order valence-electron chi connectivity index (χ3n) is 4.92. The van der Waals surface area contributed by atoms with Crippen molar-refractivity contribution < 1.29 is 4.42 Å². The number of benzene rings is 2. The number of hydrogen-bond acceptors (Lipinski definition) is 6. The average Bonchev–Trinajstić information content (AvgIpc) is 3.35. The minimum Gasteiger partial charge on any atom is -0.422 e. The van der Waals surface area contributed by atoms with Crippen molar-refractivity contribution in [2.24, 2.45) is 5.10 Å². The van der Waals surface area contributed by atoms with Gasteiger partial charge in [0, 0.05) is 17.1 Å². The van der Waals surface area contributed by atoms with Gasteiger partial charge < -0.3 is 4.42 Å². The molecule has 3 heterocycles. The number of hydrogen-bond donors (Lipinski definition) is 0. The molecule has 0 aliphatic heterocycles. The third kappa shape index (κ3) is 3.44. The Kier molecular flexibility index (Phi) is 4.51. The molecule has 0 bridgehead atoms. The summed E-state index contributed by atoms with van der Waals surface area (Å²) in [5.74, 6) is 1.33. The lowest BCUT2D eigenvalue weighted by atomic mass is 10.1. The summed E-state index contributed by atoms with van der Waals surface area (Å²) in [7, 11) is 0. The molecule has 0 unspecified atom stereocenters. The molecule has 0 fully saturated rings. The number of para-hydroxylation sites is 2. The second-order valence-corrected chi connectivity index (χ2v) is 7.05. The van der Waals surface area contributed by atoms with Crippen molar-refractivity contribution in [1.82, 2.24) is 24.7 Å². The SMILES string of the molecule is Cc1nnc(C)n1/N=C\c1cn(-c2ccccc2)nc1-c1cc2ccccc2oc1=O. The highest BCUT2D eigenvalue weighted by Crippen LogP contribution is 2.23. The lowest BCUT2D eigenvalue weighted by Crippen LogP contribution is -2.05. The fraction of sp³-hybridized carbons (Fsp3) is 0.0870. The summed E-state index contributed by atoms with van der Waals surface area (Å²) < 4.78 is 8.88. The lowest BCUT2D eigenvalue weighted by molar-refractivity contribution is 0.563. The van der Waals surface area contributed by atoms with Crippen LogP contribution in [0, 0.1) is 13.8 Å². The molecule has 0 saturated heterocycles. The molecule has 0 saturated carbocycles. The molecule has 152 valence electrons. The highest BCUT2D eigenvalue weighted by Gasteiger charge is 2.17. The van der Waals surface area contributed by atoms with E-state index < -0.39 is 5.63 Å². The summed E-state index contributed by atoms with van der Waals surface area (Å²) in [4.78, 5) is 12.8. The van der Waals surface area contributed by atoms with Crippen molar-refractivity contribution in [3.05, 3.63) is 94.5 Å². The fourth-order valence-corrected chi connectivity index (χ4v) is 3.38. The smallest absolute Gasteiger partial charge is 0.345 e. The Hall–Kier alpha value is -4.33. The highest BCUT2D eigenvalue weighted by atomic mass is 16.4. The van der Waals surface area contributed by atoms with Gasteiger partial charge in [-0.1, -0.05) is 36.4 Å². The van der Waals surface area contributed by atoms with E-state index in [1.54, 1.807) is 27.7 Å². The molecule has 0 spiro atoms. The van der Waals surface area contributed by atoms with Crippen LogP contribution in [0.15, 0.2) is 81.2 Å². The van der Waals surface area contributed by atoms with Crippen molar-refractivity contribution in [3.8, 4) is 16.9 Å². The summed E-state index contributed by atoms with van der Waals surface area (Å²) >= 11 is 0. The van der Waals surface area contributed by atoms with Crippen molar-refractivity contribution >= 4 is 17.2 Å². The molecular formula is C23H18N6O2. The zero-order valence-corrected chi connectivity index (χ0v) is 16.9. The zero-order chi connectivity index (χ0) is 21.4. The van der Waals surface area contributed by atoms with Gasteiger partial charge in [0.05, 0.1) is 17.5 Å². The minimum absolute atomic E-state index is 0.368. The minimum atomic E-state index is -0.455. The maximum Gasteiger partial charge on any atom is 0.345 e. The molecule has 8 nitrogen and oxygen atoms in total. The molecule has 0 aliphatic rings. The maximum atomic E-state index is 12.8. The van der Waals surface area contributed by atoms with Crippen molar-refractivity contribution in [2.75, 3.05) is 0 Å². The first-order chi connectivity index (χ1) is 15.1. The highest BCUT2D eigenvalue weighted by molar-refractivity contribution is 5.90. The van der Waals surface area contributed by atoms with Crippen molar-refractivity contribution in [1.29, 1.82) is 0 Å². The quantitative estimate of drug-likeness (QED) is 0.333. The van der Waals surface area contributed by atoms with E-state index in [1.807, 2.05) is 68.6 Å². The molecule has 0 N–H and O–H groups in total. The first-order valence-electron chi connectivity index (χ1n) is 9.71. The largest absolute Gasteiger partial charge is 0.422 e. The van der Waals surface area contributed by atoms with Crippen molar-refractivity contribution in [3.63, 3.8) is 0 Å². The number of fused-ring (bicyclic) bond motifs is 1. The molecule has 5 rings (SSSR count). The lowest BCUT2D eigenvalue weighted by Gasteiger charge is -2.02. The first-order valence-corrected chi connectivity index (χ1v) is 9.71. The second kappa shape index (κ2) is 7.49. The number of aromatic nitrogens is 5. The van der Waals surface area contributed by atoms with Gasteiger partial charge in [-0.2, -0.15) is 10.2 Å². The predicted octanol–water partition coefficient (Wildman–Crippen LogP) is 3.74. The van der Waals surface area contributed by atoms with Gasteiger partial charge in [-0.05, 0) is 38.1 Å². The monoisotopic (exact) mass is 410 g/mol. The standard InChI is InChI=1S/C23H18N6O2/c1-15-25-26-16(2)29(15)24-13-18-14-28(19-9-4-3-5-10-19)27-22(18)20-12-17-8-6-7-11-21(17)31-23(20)30/h3-14H,1-2H3/b24-13-. The topological polar surface area (TPSA) is 91.1 Å². The van der Waals surface area contributed by atoms with Gasteiger partial charge in [-0.3, -0.25) is 0 Å². The van der Waals surface area contributed by atoms with E-state index in [2.05, 4.69) is 20.4 Å². The van der Waals surface area contributed by atoms with Crippen LogP contribution < -0.4 is 5.63 Å². The van der Waals surface area contributed by atoms with Crippen LogP contribution >= 0.6 is 0 Å². The summed E-state index contributed by atoms with van der Waals surface area (Å²) in [6, 6.07) is 18.9. The Morgan fingerprint density at radius 2 is 1.68 bits per heavy atom. The average molecular weight is 410 g/mol. The van der Waals surface area contributed by atoms with Crippen LogP contribution in [-0.4, -0.2) is 30.9 Å². The summed E-state index contributed by atoms with van der Waals surface area (Å²) in [5.41, 5.74) is 2.46. The van der Waals surface area contributed by atoms with Crippen LogP contribution in [0.1, 0.15) is 17.2 Å². The van der Waals surface area contributed by atoms with Crippen LogP contribution in [0.4, 0.5) is 0 Å². The van der Waals surface area contributed by atoms with Crippen LogP contribution in [0.2, 0.25) is 0 Å². The Bertz CT molecular complexity index is 1460. The first kappa shape index (κ1) is 18.7. The van der Waals surface area contributed by atoms with Gasteiger partial charge >= 0.3 is 5.63 Å². The summed E-state index contributed by atoms with van der Waals surface area (Å²) in [6.45, 7) is 3.65.